The first-order valence-electron chi connectivity index (χ1n) is 6.71. The van der Waals surface area contributed by atoms with Crippen molar-refractivity contribution in [3.05, 3.63) is 34.3 Å². The Balaban J connectivity index is 2.24. The second-order valence-electron chi connectivity index (χ2n) is 5.34. The van der Waals surface area contributed by atoms with Crippen molar-refractivity contribution in [1.82, 2.24) is 4.90 Å². The van der Waals surface area contributed by atoms with Crippen LogP contribution in [0.25, 0.3) is 0 Å². The predicted octanol–water partition coefficient (Wildman–Crippen LogP) is 2.88. The van der Waals surface area contributed by atoms with E-state index in [2.05, 4.69) is 6.92 Å². The van der Waals surface area contributed by atoms with E-state index in [4.69, 9.17) is 11.6 Å². The van der Waals surface area contributed by atoms with Crippen LogP contribution in [0.5, 0.6) is 0 Å². The zero-order valence-corrected chi connectivity index (χ0v) is 12.2. The number of piperidine rings is 1. The molecule has 1 aliphatic rings. The van der Waals surface area contributed by atoms with Gasteiger partial charge in [0.05, 0.1) is 0 Å². The lowest BCUT2D eigenvalue weighted by Gasteiger charge is -2.37. The maximum Gasteiger partial charge on any atom is 0.254 e. The number of halogens is 1. The molecule has 0 aromatic heterocycles. The molecule has 19 heavy (non-hydrogen) atoms. The Labute approximate surface area is 119 Å². The van der Waals surface area contributed by atoms with Gasteiger partial charge < -0.3 is 10.0 Å². The monoisotopic (exact) mass is 281 g/mol. The second-order valence-corrected chi connectivity index (χ2v) is 5.75. The Morgan fingerprint density at radius 2 is 2.21 bits per heavy atom. The van der Waals surface area contributed by atoms with Gasteiger partial charge in [-0.3, -0.25) is 4.79 Å². The largest absolute Gasteiger partial charge is 0.396 e. The molecule has 4 heteroatoms. The van der Waals surface area contributed by atoms with Crippen molar-refractivity contribution < 1.29 is 9.90 Å². The molecule has 1 aliphatic heterocycles. The average molecular weight is 282 g/mol. The molecule has 0 radical (unpaired) electrons. The van der Waals surface area contributed by atoms with Gasteiger partial charge in [0.1, 0.15) is 0 Å². The number of nitrogens with zero attached hydrogens (tertiary/aromatic N) is 1. The Bertz CT molecular complexity index is 475. The van der Waals surface area contributed by atoms with Crippen LogP contribution in [0.15, 0.2) is 18.2 Å². The van der Waals surface area contributed by atoms with Gasteiger partial charge in [-0.25, -0.2) is 0 Å². The fourth-order valence-corrected chi connectivity index (χ4v) is 2.78. The van der Waals surface area contributed by atoms with Gasteiger partial charge in [-0.2, -0.15) is 0 Å². The molecule has 0 aliphatic carbocycles. The molecule has 104 valence electrons. The Hall–Kier alpha value is -1.06. The van der Waals surface area contributed by atoms with Crippen LogP contribution in [0.4, 0.5) is 0 Å². The van der Waals surface area contributed by atoms with E-state index in [9.17, 15) is 9.90 Å². The Morgan fingerprint density at radius 3 is 2.89 bits per heavy atom. The third kappa shape index (κ3) is 2.93. The zero-order valence-electron chi connectivity index (χ0n) is 11.4. The summed E-state index contributed by atoms with van der Waals surface area (Å²) in [6, 6.07) is 5.64. The van der Waals surface area contributed by atoms with Crippen LogP contribution in [-0.4, -0.2) is 35.1 Å². The number of likely N-dealkylation sites (tertiary alicyclic amines) is 1. The van der Waals surface area contributed by atoms with E-state index in [1.165, 1.54) is 0 Å². The molecule has 0 bridgehead atoms. The molecule has 0 saturated carbocycles. The average Bonchev–Trinajstić information content (AvgIpc) is 2.42. The predicted molar refractivity (Wildman–Crippen MR) is 76.5 cm³/mol. The fourth-order valence-electron chi connectivity index (χ4n) is 2.61. The third-order valence-electron chi connectivity index (χ3n) is 4.00. The van der Waals surface area contributed by atoms with Gasteiger partial charge in [0.15, 0.2) is 0 Å². The standard InChI is InChI=1S/C15H20ClNO2/c1-10-6-7-12(9-18)8-17(10)15(19)13-4-3-5-14(16)11(13)2/h3-5,10,12,18H,6-9H2,1-2H3/t10-,12+/m0/s1. The van der Waals surface area contributed by atoms with Gasteiger partial charge >= 0.3 is 0 Å². The molecule has 3 nitrogen and oxygen atoms in total. The maximum atomic E-state index is 12.6. The third-order valence-corrected chi connectivity index (χ3v) is 4.41. The maximum absolute atomic E-state index is 12.6. The van der Waals surface area contributed by atoms with E-state index in [0.717, 1.165) is 18.4 Å². The van der Waals surface area contributed by atoms with E-state index in [1.807, 2.05) is 17.9 Å². The van der Waals surface area contributed by atoms with E-state index in [0.29, 0.717) is 17.1 Å². The van der Waals surface area contributed by atoms with E-state index in [-0.39, 0.29) is 24.5 Å². The minimum absolute atomic E-state index is 0.0191. The van der Waals surface area contributed by atoms with E-state index < -0.39 is 0 Å². The molecule has 2 atom stereocenters. The highest BCUT2D eigenvalue weighted by molar-refractivity contribution is 6.31. The number of carbonyl (C=O) groups is 1. The molecule has 1 aromatic carbocycles. The van der Waals surface area contributed by atoms with E-state index >= 15 is 0 Å². The summed E-state index contributed by atoms with van der Waals surface area (Å²) in [5, 5.41) is 9.91. The summed E-state index contributed by atoms with van der Waals surface area (Å²) in [5.41, 5.74) is 1.49. The van der Waals surface area contributed by atoms with Crippen molar-refractivity contribution in [2.75, 3.05) is 13.2 Å². The zero-order chi connectivity index (χ0) is 14.0. The molecule has 1 saturated heterocycles. The molecule has 1 aromatic rings. The molecule has 1 N–H and O–H groups in total. The van der Waals surface area contributed by atoms with E-state index in [1.54, 1.807) is 12.1 Å². The normalized spacial score (nSPS) is 23.5. The van der Waals surface area contributed by atoms with Crippen molar-refractivity contribution in [3.8, 4) is 0 Å². The first-order valence-corrected chi connectivity index (χ1v) is 7.09. The lowest BCUT2D eigenvalue weighted by Crippen LogP contribution is -2.46. The number of hydrogen-bond donors (Lipinski definition) is 1. The number of benzene rings is 1. The molecular weight excluding hydrogens is 262 g/mol. The van der Waals surface area contributed by atoms with Crippen LogP contribution in [0.2, 0.25) is 5.02 Å². The van der Waals surface area contributed by atoms with Crippen molar-refractivity contribution in [1.29, 1.82) is 0 Å². The molecule has 1 amide bonds. The van der Waals surface area contributed by atoms with Gasteiger partial charge in [0.2, 0.25) is 0 Å². The molecular formula is C15H20ClNO2. The number of amides is 1. The number of carbonyl (C=O) groups excluding carboxylic acids is 1. The molecule has 2 rings (SSSR count). The summed E-state index contributed by atoms with van der Waals surface area (Å²) in [6.07, 6.45) is 1.92. The fraction of sp³-hybridized carbons (Fsp3) is 0.533. The highest BCUT2D eigenvalue weighted by Gasteiger charge is 2.29. The highest BCUT2D eigenvalue weighted by atomic mass is 35.5. The Morgan fingerprint density at radius 1 is 1.47 bits per heavy atom. The number of aliphatic hydroxyl groups excluding tert-OH is 1. The van der Waals surface area contributed by atoms with Gasteiger partial charge in [-0.05, 0) is 50.3 Å². The van der Waals surface area contributed by atoms with Crippen LogP contribution in [0, 0.1) is 12.8 Å². The van der Waals surface area contributed by atoms with Gasteiger partial charge in [-0.15, -0.1) is 0 Å². The molecule has 1 heterocycles. The van der Waals surface area contributed by atoms with Crippen LogP contribution in [-0.2, 0) is 0 Å². The van der Waals surface area contributed by atoms with Crippen LogP contribution < -0.4 is 0 Å². The molecule has 0 unspecified atom stereocenters. The molecule has 0 spiro atoms. The van der Waals surface area contributed by atoms with Crippen LogP contribution in [0.1, 0.15) is 35.7 Å². The highest BCUT2D eigenvalue weighted by Crippen LogP contribution is 2.26. The number of aliphatic hydroxyl groups is 1. The second kappa shape index (κ2) is 5.93. The number of hydrogen-bond acceptors (Lipinski definition) is 2. The minimum atomic E-state index is 0.0191. The topological polar surface area (TPSA) is 40.5 Å². The van der Waals surface area contributed by atoms with Crippen LogP contribution in [0.3, 0.4) is 0 Å². The van der Waals surface area contributed by atoms with Crippen molar-refractivity contribution in [3.63, 3.8) is 0 Å². The first-order chi connectivity index (χ1) is 9.04. The quantitative estimate of drug-likeness (QED) is 0.905. The summed E-state index contributed by atoms with van der Waals surface area (Å²) < 4.78 is 0. The molecule has 1 fully saturated rings. The first kappa shape index (κ1) is 14.4. The lowest BCUT2D eigenvalue weighted by atomic mass is 9.93. The van der Waals surface area contributed by atoms with Crippen molar-refractivity contribution in [2.24, 2.45) is 5.92 Å². The Kier molecular flexibility index (Phi) is 4.48. The SMILES string of the molecule is Cc1c(Cl)cccc1C(=O)N1C[C@H](CO)CC[C@@H]1C. The number of rotatable bonds is 2. The minimum Gasteiger partial charge on any atom is -0.396 e. The summed E-state index contributed by atoms with van der Waals surface area (Å²) >= 11 is 6.08. The van der Waals surface area contributed by atoms with Crippen LogP contribution >= 0.6 is 11.6 Å². The lowest BCUT2D eigenvalue weighted by molar-refractivity contribution is 0.0488. The summed E-state index contributed by atoms with van der Waals surface area (Å²) in [4.78, 5) is 14.5. The van der Waals surface area contributed by atoms with Gasteiger partial charge in [0, 0.05) is 29.8 Å². The van der Waals surface area contributed by atoms with Gasteiger partial charge in [0.25, 0.3) is 5.91 Å². The summed E-state index contributed by atoms with van der Waals surface area (Å²) in [7, 11) is 0. The van der Waals surface area contributed by atoms with Crippen molar-refractivity contribution >= 4 is 17.5 Å². The summed E-state index contributed by atoms with van der Waals surface area (Å²) in [5.74, 6) is 0.213. The van der Waals surface area contributed by atoms with Crippen molar-refractivity contribution in [2.45, 2.75) is 32.7 Å². The summed E-state index contributed by atoms with van der Waals surface area (Å²) in [6.45, 7) is 4.70. The smallest absolute Gasteiger partial charge is 0.254 e. The van der Waals surface area contributed by atoms with Gasteiger partial charge in [-0.1, -0.05) is 17.7 Å².